The van der Waals surface area contributed by atoms with Gasteiger partial charge in [-0.15, -0.1) is 0 Å². The number of hydrogen-bond acceptors (Lipinski definition) is 5. The van der Waals surface area contributed by atoms with Crippen molar-refractivity contribution in [2.24, 2.45) is 4.99 Å². The van der Waals surface area contributed by atoms with E-state index in [-0.39, 0.29) is 23.0 Å². The van der Waals surface area contributed by atoms with Gasteiger partial charge in [0.2, 0.25) is 0 Å². The van der Waals surface area contributed by atoms with Gasteiger partial charge in [0.1, 0.15) is 16.7 Å². The van der Waals surface area contributed by atoms with Crippen LogP contribution in [0.15, 0.2) is 39.8 Å². The van der Waals surface area contributed by atoms with Crippen molar-refractivity contribution in [1.29, 1.82) is 0 Å². The fraction of sp³-hybridized carbons (Fsp3) is 0.353. The molecule has 3 heterocycles. The number of aryl methyl sites for hydroxylation is 1. The molecule has 0 fully saturated rings. The largest absolute Gasteiger partial charge is 0.326 e. The van der Waals surface area contributed by atoms with E-state index in [2.05, 4.69) is 9.98 Å². The fourth-order valence-electron chi connectivity index (χ4n) is 2.97. The van der Waals surface area contributed by atoms with Gasteiger partial charge >= 0.3 is 11.9 Å². The summed E-state index contributed by atoms with van der Waals surface area (Å²) in [5, 5.41) is 11.1. The van der Waals surface area contributed by atoms with Gasteiger partial charge in [-0.05, 0) is 30.5 Å². The summed E-state index contributed by atoms with van der Waals surface area (Å²) in [4.78, 5) is 32.9. The van der Waals surface area contributed by atoms with E-state index in [1.807, 2.05) is 13.8 Å². The highest BCUT2D eigenvalue weighted by molar-refractivity contribution is 6.42. The average molecular weight is 414 g/mol. The Morgan fingerprint density at radius 2 is 2.15 bits per heavy atom. The number of amidine groups is 1. The number of carbonyl (C=O) groups is 1. The van der Waals surface area contributed by atoms with Crippen LogP contribution in [0, 0.1) is 17.0 Å². The number of dihydropyridines is 1. The van der Waals surface area contributed by atoms with Crippen LogP contribution < -0.4 is 4.90 Å². The zero-order valence-corrected chi connectivity index (χ0v) is 16.0. The first-order chi connectivity index (χ1) is 13.0. The molecule has 0 spiro atoms. The maximum atomic E-state index is 14.2. The van der Waals surface area contributed by atoms with Crippen molar-refractivity contribution in [3.63, 3.8) is 0 Å². The van der Waals surface area contributed by atoms with Crippen molar-refractivity contribution in [3.05, 3.63) is 56.1 Å². The van der Waals surface area contributed by atoms with Crippen LogP contribution in [0.2, 0.25) is 0 Å². The molecule has 0 aliphatic carbocycles. The molecule has 10 heteroatoms. The Morgan fingerprint density at radius 1 is 1.48 bits per heavy atom. The molecule has 2 unspecified atom stereocenters. The van der Waals surface area contributed by atoms with Crippen molar-refractivity contribution in [2.75, 3.05) is 4.90 Å². The third-order valence-electron chi connectivity index (χ3n) is 4.21. The second-order valence-electron chi connectivity index (χ2n) is 6.36. The molecule has 1 amide bonds. The van der Waals surface area contributed by atoms with Crippen LogP contribution in [0.5, 0.6) is 0 Å². The summed E-state index contributed by atoms with van der Waals surface area (Å²) in [6.45, 7) is 5.38. The number of carbonyl (C=O) groups excluding carboxylic acids is 1. The third-order valence-corrected chi connectivity index (χ3v) is 4.89. The Morgan fingerprint density at radius 3 is 2.74 bits per heavy atom. The molecule has 2 atom stereocenters. The molecule has 3 rings (SSSR count). The minimum absolute atomic E-state index is 0.144. The number of anilines is 1. The normalized spacial score (nSPS) is 25.9. The number of alkyl halides is 1. The first-order valence-corrected chi connectivity index (χ1v) is 8.72. The molecule has 142 valence electrons. The van der Waals surface area contributed by atoms with Crippen LogP contribution in [0.25, 0.3) is 0 Å². The van der Waals surface area contributed by atoms with Crippen LogP contribution >= 0.6 is 23.2 Å². The van der Waals surface area contributed by atoms with Crippen molar-refractivity contribution >= 4 is 40.6 Å². The molecule has 0 saturated carbocycles. The molecule has 0 bridgehead atoms. The number of nitro groups is 1. The van der Waals surface area contributed by atoms with Gasteiger partial charge in [-0.2, -0.15) is 0 Å². The lowest BCUT2D eigenvalue weighted by molar-refractivity contribution is -0.496. The van der Waals surface area contributed by atoms with Crippen LogP contribution in [0.3, 0.4) is 0 Å². The number of hydrogen-bond donors (Lipinski definition) is 0. The highest BCUT2D eigenvalue weighted by Gasteiger charge is 2.48. The Bertz CT molecular complexity index is 991. The molecular weight excluding hydrogens is 398 g/mol. The smallest absolute Gasteiger partial charge is 0.266 e. The van der Waals surface area contributed by atoms with Crippen molar-refractivity contribution in [2.45, 2.75) is 38.2 Å². The number of nitrogens with zero attached hydrogens (tertiary/aromatic N) is 4. The lowest BCUT2D eigenvalue weighted by atomic mass is 9.97. The minimum atomic E-state index is -2.51. The predicted octanol–water partition coefficient (Wildman–Crippen LogP) is 3.83. The van der Waals surface area contributed by atoms with Crippen LogP contribution in [0.1, 0.15) is 32.4 Å². The second kappa shape index (κ2) is 7.01. The zero-order chi connectivity index (χ0) is 21.0. The monoisotopic (exact) mass is 413 g/mol. The van der Waals surface area contributed by atoms with Crippen LogP contribution in [0.4, 0.5) is 10.1 Å². The standard InChI is InChI=1S/C17H15Cl2FN4O3/c1-7(2)12-13(8(3)4-5-21-12)23-16-9(6-10(20)15(19)22-16)11(18)14(17(23)25)24(26)27/h4-7,14-15H,1-3H3/i15D. The molecule has 1 aromatic heterocycles. The highest BCUT2D eigenvalue weighted by Crippen LogP contribution is 2.39. The molecule has 2 aliphatic heterocycles. The van der Waals surface area contributed by atoms with Crippen LogP contribution in [-0.2, 0) is 4.79 Å². The fourth-order valence-corrected chi connectivity index (χ4v) is 3.42. The van der Waals surface area contributed by atoms with Crippen molar-refractivity contribution in [3.8, 4) is 0 Å². The van der Waals surface area contributed by atoms with E-state index in [9.17, 15) is 19.3 Å². The number of aliphatic imine (C=N–C) groups is 1. The van der Waals surface area contributed by atoms with Crippen LogP contribution in [-0.4, -0.2) is 33.2 Å². The summed E-state index contributed by atoms with van der Waals surface area (Å²) in [6.07, 6.45) is 2.36. The summed E-state index contributed by atoms with van der Waals surface area (Å²) < 4.78 is 22.1. The van der Waals surface area contributed by atoms with Gasteiger partial charge in [0, 0.05) is 16.7 Å². The van der Waals surface area contributed by atoms with E-state index < -0.39 is 33.2 Å². The van der Waals surface area contributed by atoms with Gasteiger partial charge < -0.3 is 0 Å². The predicted molar refractivity (Wildman–Crippen MR) is 100 cm³/mol. The summed E-state index contributed by atoms with van der Waals surface area (Å²) in [5.74, 6) is -2.51. The maximum absolute atomic E-state index is 14.2. The Balaban J connectivity index is 2.37. The molecule has 0 radical (unpaired) electrons. The first kappa shape index (κ1) is 18.1. The maximum Gasteiger partial charge on any atom is 0.326 e. The highest BCUT2D eigenvalue weighted by atomic mass is 35.5. The number of aromatic nitrogens is 1. The number of pyridine rings is 1. The number of amides is 1. The Labute approximate surface area is 165 Å². The molecule has 7 nitrogen and oxygen atoms in total. The van der Waals surface area contributed by atoms with Gasteiger partial charge in [-0.3, -0.25) is 24.8 Å². The SMILES string of the molecule is [2H]C1(Cl)N=C2C(=C(Cl)C([N+](=O)[O-])C(=O)N2c2c(C)ccnc2C(C)C)C=C1F. The number of halogens is 3. The topological polar surface area (TPSA) is 88.7 Å². The van der Waals surface area contributed by atoms with E-state index in [4.69, 9.17) is 24.6 Å². The lowest BCUT2D eigenvalue weighted by Crippen LogP contribution is -2.53. The minimum Gasteiger partial charge on any atom is -0.266 e. The molecule has 0 N–H and O–H groups in total. The molecule has 0 aromatic carbocycles. The average Bonchev–Trinajstić information content (AvgIpc) is 2.57. The third kappa shape index (κ3) is 3.12. The summed E-state index contributed by atoms with van der Waals surface area (Å²) >= 11 is 11.9. The number of rotatable bonds is 3. The van der Waals surface area contributed by atoms with Gasteiger partial charge in [-0.1, -0.05) is 37.0 Å². The first-order valence-electron chi connectivity index (χ1n) is 8.46. The summed E-state index contributed by atoms with van der Waals surface area (Å²) in [6, 6.07) is -0.308. The van der Waals surface area contributed by atoms with Gasteiger partial charge in [0.25, 0.3) is 0 Å². The molecular formula is C17H15Cl2FN4O3. The van der Waals surface area contributed by atoms with Gasteiger partial charge in [0.05, 0.1) is 12.8 Å². The van der Waals surface area contributed by atoms with E-state index in [0.29, 0.717) is 11.3 Å². The molecule has 1 aromatic rings. The van der Waals surface area contributed by atoms with Crippen molar-refractivity contribution in [1.82, 2.24) is 4.98 Å². The molecule has 27 heavy (non-hydrogen) atoms. The van der Waals surface area contributed by atoms with Gasteiger partial charge in [-0.25, -0.2) is 9.38 Å². The number of fused-ring (bicyclic) bond motifs is 1. The van der Waals surface area contributed by atoms with Gasteiger partial charge in [0.15, 0.2) is 5.48 Å². The quantitative estimate of drug-likeness (QED) is 0.326. The second-order valence-corrected chi connectivity index (χ2v) is 7.12. The Hall–Kier alpha value is -2.32. The Kier molecular flexibility index (Phi) is 4.69. The van der Waals surface area contributed by atoms with E-state index in [1.165, 1.54) is 0 Å². The van der Waals surface area contributed by atoms with Crippen molar-refractivity contribution < 1.29 is 15.5 Å². The zero-order valence-electron chi connectivity index (χ0n) is 15.5. The van der Waals surface area contributed by atoms with E-state index in [0.717, 1.165) is 11.0 Å². The van der Waals surface area contributed by atoms with E-state index in [1.54, 1.807) is 19.2 Å². The van der Waals surface area contributed by atoms with E-state index >= 15 is 0 Å². The lowest BCUT2D eigenvalue weighted by Gasteiger charge is -2.34. The molecule has 0 saturated heterocycles. The summed E-state index contributed by atoms with van der Waals surface area (Å²) in [7, 11) is 0. The summed E-state index contributed by atoms with van der Waals surface area (Å²) in [5.41, 5.74) is -1.32. The molecule has 2 aliphatic rings.